The van der Waals surface area contributed by atoms with Gasteiger partial charge in [0.15, 0.2) is 0 Å². The molecule has 0 aliphatic rings. The Bertz CT molecular complexity index is 1230. The summed E-state index contributed by atoms with van der Waals surface area (Å²) >= 11 is 13.9. The van der Waals surface area contributed by atoms with Crippen LogP contribution >= 0.6 is 35.0 Å². The van der Waals surface area contributed by atoms with Crippen LogP contribution in [0.3, 0.4) is 0 Å². The number of amides is 1. The van der Waals surface area contributed by atoms with Crippen molar-refractivity contribution in [1.82, 2.24) is 5.32 Å². The molecule has 180 valence electrons. The molecule has 34 heavy (non-hydrogen) atoms. The summed E-state index contributed by atoms with van der Waals surface area (Å²) in [6, 6.07) is 19.2. The SMILES string of the molecule is Cc1ccc(S(=O)(=O)N(CC(=O)NCCSCc2cccc(C)c2)c2cc(Cl)cc(Cl)c2)cc1. The third kappa shape index (κ3) is 7.40. The number of thioether (sulfide) groups is 1. The van der Waals surface area contributed by atoms with Crippen LogP contribution in [-0.4, -0.2) is 33.2 Å². The molecule has 0 fully saturated rings. The van der Waals surface area contributed by atoms with E-state index in [4.69, 9.17) is 23.2 Å². The molecule has 0 aliphatic carbocycles. The van der Waals surface area contributed by atoms with E-state index < -0.39 is 22.5 Å². The van der Waals surface area contributed by atoms with Crippen molar-refractivity contribution >= 4 is 56.6 Å². The maximum atomic E-state index is 13.4. The Morgan fingerprint density at radius 2 is 1.62 bits per heavy atom. The molecule has 0 radical (unpaired) electrons. The predicted molar refractivity (Wildman–Crippen MR) is 143 cm³/mol. The Morgan fingerprint density at radius 3 is 2.26 bits per heavy atom. The maximum Gasteiger partial charge on any atom is 0.264 e. The minimum Gasteiger partial charge on any atom is -0.354 e. The van der Waals surface area contributed by atoms with Gasteiger partial charge in [0.05, 0.1) is 10.6 Å². The Balaban J connectivity index is 1.68. The fourth-order valence-electron chi connectivity index (χ4n) is 3.28. The highest BCUT2D eigenvalue weighted by molar-refractivity contribution is 7.98. The number of carbonyl (C=O) groups is 1. The second-order valence-corrected chi connectivity index (χ2v) is 11.7. The van der Waals surface area contributed by atoms with Gasteiger partial charge < -0.3 is 5.32 Å². The minimum atomic E-state index is -4.02. The van der Waals surface area contributed by atoms with E-state index in [9.17, 15) is 13.2 Å². The van der Waals surface area contributed by atoms with Crippen molar-refractivity contribution in [1.29, 1.82) is 0 Å². The molecule has 9 heteroatoms. The summed E-state index contributed by atoms with van der Waals surface area (Å²) < 4.78 is 27.9. The van der Waals surface area contributed by atoms with E-state index in [0.29, 0.717) is 12.3 Å². The normalized spacial score (nSPS) is 11.3. The van der Waals surface area contributed by atoms with Crippen molar-refractivity contribution in [2.75, 3.05) is 23.1 Å². The first kappa shape index (κ1) is 26.4. The molecule has 0 saturated heterocycles. The zero-order valence-corrected chi connectivity index (χ0v) is 22.1. The highest BCUT2D eigenvalue weighted by atomic mass is 35.5. The van der Waals surface area contributed by atoms with Gasteiger partial charge in [-0.25, -0.2) is 8.42 Å². The van der Waals surface area contributed by atoms with Crippen LogP contribution < -0.4 is 9.62 Å². The average molecular weight is 538 g/mol. The average Bonchev–Trinajstić information content (AvgIpc) is 2.77. The fourth-order valence-corrected chi connectivity index (χ4v) is 6.00. The summed E-state index contributed by atoms with van der Waals surface area (Å²) in [5.41, 5.74) is 3.59. The highest BCUT2D eigenvalue weighted by Gasteiger charge is 2.27. The van der Waals surface area contributed by atoms with Crippen LogP contribution in [0.5, 0.6) is 0 Å². The summed E-state index contributed by atoms with van der Waals surface area (Å²) in [6.07, 6.45) is 0. The molecular formula is C25H26Cl2N2O3S2. The first-order valence-electron chi connectivity index (χ1n) is 10.6. The number of sulfonamides is 1. The number of nitrogens with one attached hydrogen (secondary N) is 1. The van der Waals surface area contributed by atoms with E-state index in [-0.39, 0.29) is 20.6 Å². The van der Waals surface area contributed by atoms with E-state index in [1.807, 2.05) is 13.0 Å². The van der Waals surface area contributed by atoms with Gasteiger partial charge in [-0.15, -0.1) is 0 Å². The molecule has 0 heterocycles. The number of anilines is 1. The van der Waals surface area contributed by atoms with Gasteiger partial charge in [-0.2, -0.15) is 11.8 Å². The lowest BCUT2D eigenvalue weighted by atomic mass is 10.2. The fraction of sp³-hybridized carbons (Fsp3) is 0.240. The van der Waals surface area contributed by atoms with E-state index in [2.05, 4.69) is 30.4 Å². The number of rotatable bonds is 10. The number of halogens is 2. The van der Waals surface area contributed by atoms with E-state index in [0.717, 1.165) is 15.6 Å². The monoisotopic (exact) mass is 536 g/mol. The molecule has 0 aromatic heterocycles. The zero-order chi connectivity index (χ0) is 24.7. The topological polar surface area (TPSA) is 66.5 Å². The number of aryl methyl sites for hydroxylation is 2. The lowest BCUT2D eigenvalue weighted by Gasteiger charge is -2.24. The maximum absolute atomic E-state index is 13.4. The van der Waals surface area contributed by atoms with Crippen LogP contribution in [0.15, 0.2) is 71.6 Å². The second-order valence-electron chi connectivity index (χ2n) is 7.84. The standard InChI is InChI=1S/C25H26Cl2N2O3S2/c1-18-6-8-24(9-7-18)34(31,32)29(23-14-21(26)13-22(27)15-23)16-25(30)28-10-11-33-17-20-5-3-4-19(2)12-20/h3-9,12-15H,10-11,16-17H2,1-2H3,(H,28,30). The first-order chi connectivity index (χ1) is 16.1. The second kappa shape index (κ2) is 12.0. The summed E-state index contributed by atoms with van der Waals surface area (Å²) in [5, 5.41) is 3.37. The summed E-state index contributed by atoms with van der Waals surface area (Å²) in [4.78, 5) is 12.8. The van der Waals surface area contributed by atoms with Crippen molar-refractivity contribution in [3.8, 4) is 0 Å². The number of nitrogens with zero attached hydrogens (tertiary/aromatic N) is 1. The van der Waals surface area contributed by atoms with Crippen molar-refractivity contribution in [2.24, 2.45) is 0 Å². The van der Waals surface area contributed by atoms with Crippen LogP contribution in [0.4, 0.5) is 5.69 Å². The Labute approximate surface area is 215 Å². The van der Waals surface area contributed by atoms with Gasteiger partial charge in [-0.3, -0.25) is 9.10 Å². The number of benzene rings is 3. The molecule has 0 atom stereocenters. The Kier molecular flexibility index (Phi) is 9.31. The molecule has 0 saturated carbocycles. The van der Waals surface area contributed by atoms with Gasteiger partial charge in [0.25, 0.3) is 10.0 Å². The molecule has 0 bridgehead atoms. The third-order valence-electron chi connectivity index (χ3n) is 4.95. The molecule has 5 nitrogen and oxygen atoms in total. The molecule has 3 rings (SSSR count). The van der Waals surface area contributed by atoms with Gasteiger partial charge in [-0.1, -0.05) is 70.7 Å². The molecule has 0 unspecified atom stereocenters. The van der Waals surface area contributed by atoms with E-state index in [1.165, 1.54) is 41.5 Å². The van der Waals surface area contributed by atoms with E-state index in [1.54, 1.807) is 23.9 Å². The third-order valence-corrected chi connectivity index (χ3v) is 8.21. The molecule has 1 amide bonds. The van der Waals surface area contributed by atoms with Gasteiger partial charge in [-0.05, 0) is 49.7 Å². The smallest absolute Gasteiger partial charge is 0.264 e. The lowest BCUT2D eigenvalue weighted by Crippen LogP contribution is -2.41. The summed E-state index contributed by atoms with van der Waals surface area (Å²) in [5.74, 6) is 1.13. The van der Waals surface area contributed by atoms with Gasteiger partial charge in [0, 0.05) is 28.1 Å². The molecule has 0 spiro atoms. The molecule has 3 aromatic carbocycles. The van der Waals surface area contributed by atoms with E-state index >= 15 is 0 Å². The van der Waals surface area contributed by atoms with Crippen molar-refractivity contribution in [3.05, 3.63) is 93.5 Å². The van der Waals surface area contributed by atoms with Crippen LogP contribution in [0.2, 0.25) is 10.0 Å². The molecule has 3 aromatic rings. The van der Waals surface area contributed by atoms with Gasteiger partial charge in [0.2, 0.25) is 5.91 Å². The predicted octanol–water partition coefficient (Wildman–Crippen LogP) is 5.86. The number of hydrogen-bond donors (Lipinski definition) is 1. The first-order valence-corrected chi connectivity index (χ1v) is 14.0. The van der Waals surface area contributed by atoms with Crippen molar-refractivity contribution in [3.63, 3.8) is 0 Å². The van der Waals surface area contributed by atoms with Crippen molar-refractivity contribution < 1.29 is 13.2 Å². The molecular weight excluding hydrogens is 511 g/mol. The van der Waals surface area contributed by atoms with Gasteiger partial charge in [0.1, 0.15) is 6.54 Å². The van der Waals surface area contributed by atoms with Crippen LogP contribution in [0.25, 0.3) is 0 Å². The summed E-state index contributed by atoms with van der Waals surface area (Å²) in [7, 11) is -4.02. The highest BCUT2D eigenvalue weighted by Crippen LogP contribution is 2.29. The van der Waals surface area contributed by atoms with Crippen LogP contribution in [0.1, 0.15) is 16.7 Å². The van der Waals surface area contributed by atoms with Crippen LogP contribution in [0, 0.1) is 13.8 Å². The largest absolute Gasteiger partial charge is 0.354 e. The molecule has 0 aliphatic heterocycles. The Morgan fingerprint density at radius 1 is 0.941 bits per heavy atom. The van der Waals surface area contributed by atoms with Crippen molar-refractivity contribution in [2.45, 2.75) is 24.5 Å². The zero-order valence-electron chi connectivity index (χ0n) is 18.9. The summed E-state index contributed by atoms with van der Waals surface area (Å²) in [6.45, 7) is 3.95. The lowest BCUT2D eigenvalue weighted by molar-refractivity contribution is -0.119. The minimum absolute atomic E-state index is 0.0794. The van der Waals surface area contributed by atoms with Gasteiger partial charge >= 0.3 is 0 Å². The quantitative estimate of drug-likeness (QED) is 0.329. The number of carbonyl (C=O) groups excluding carboxylic acids is 1. The Hall–Kier alpha value is -2.19. The molecule has 1 N–H and O–H groups in total. The van der Waals surface area contributed by atoms with Crippen LogP contribution in [-0.2, 0) is 20.6 Å². The number of hydrogen-bond acceptors (Lipinski definition) is 4.